The molecule has 3 aromatic rings. The zero-order valence-electron chi connectivity index (χ0n) is 15.3. The molecule has 142 valence electrons. The molecule has 0 aliphatic carbocycles. The average molecular weight is 387 g/mol. The second-order valence-electron chi connectivity index (χ2n) is 6.58. The van der Waals surface area contributed by atoms with E-state index in [9.17, 15) is 4.79 Å². The maximum Gasteiger partial charge on any atom is 0.276 e. The van der Waals surface area contributed by atoms with Crippen LogP contribution in [0, 0.1) is 6.92 Å². The summed E-state index contributed by atoms with van der Waals surface area (Å²) in [6, 6.07) is 7.44. The lowest BCUT2D eigenvalue weighted by molar-refractivity contribution is 0.0263. The van der Waals surface area contributed by atoms with Gasteiger partial charge in [-0.3, -0.25) is 4.79 Å². The zero-order chi connectivity index (χ0) is 18.8. The molecule has 0 saturated carbocycles. The van der Waals surface area contributed by atoms with Crippen LogP contribution in [0.2, 0.25) is 0 Å². The monoisotopic (exact) mass is 387 g/mol. The minimum Gasteiger partial charge on any atom is -0.485 e. The highest BCUT2D eigenvalue weighted by Gasteiger charge is 2.26. The van der Waals surface area contributed by atoms with E-state index in [2.05, 4.69) is 10.1 Å². The number of thiazole rings is 1. The molecule has 0 N–H and O–H groups in total. The highest BCUT2D eigenvalue weighted by Crippen LogP contribution is 2.26. The molecular weight excluding hydrogens is 366 g/mol. The van der Waals surface area contributed by atoms with Crippen molar-refractivity contribution in [3.8, 4) is 5.75 Å². The molecule has 1 atom stereocenters. The highest BCUT2D eigenvalue weighted by molar-refractivity contribution is 7.18. The maximum absolute atomic E-state index is 12.6. The van der Waals surface area contributed by atoms with Gasteiger partial charge in [0.05, 0.1) is 21.3 Å². The first-order valence-corrected chi connectivity index (χ1v) is 9.71. The van der Waals surface area contributed by atoms with Crippen molar-refractivity contribution in [1.29, 1.82) is 0 Å². The Labute approximate surface area is 160 Å². The number of aromatic nitrogens is 2. The third-order valence-corrected chi connectivity index (χ3v) is 5.58. The standard InChI is InChI=1S/C19H21N3O4S/c1-12-20-16-8-13(5-6-18(16)27-12)25-11-15-9-17(21-26-15)19(23)22-7-3-4-14(10-22)24-2/h5-6,8-9,14H,3-4,7,10-11H2,1-2H3/t14-/m0/s1. The lowest BCUT2D eigenvalue weighted by atomic mass is 10.1. The number of amides is 1. The molecule has 1 fully saturated rings. The Bertz CT molecular complexity index is 951. The molecule has 0 bridgehead atoms. The van der Waals surface area contributed by atoms with Crippen molar-refractivity contribution in [3.63, 3.8) is 0 Å². The van der Waals surface area contributed by atoms with Gasteiger partial charge in [-0.1, -0.05) is 5.16 Å². The Morgan fingerprint density at radius 2 is 2.30 bits per heavy atom. The van der Waals surface area contributed by atoms with Crippen LogP contribution in [0.1, 0.15) is 34.1 Å². The van der Waals surface area contributed by atoms with Crippen LogP contribution in [0.15, 0.2) is 28.8 Å². The van der Waals surface area contributed by atoms with Crippen LogP contribution in [0.5, 0.6) is 5.75 Å². The minimum absolute atomic E-state index is 0.0849. The normalized spacial score (nSPS) is 17.4. The lowest BCUT2D eigenvalue weighted by Gasteiger charge is -2.31. The predicted octanol–water partition coefficient (Wildman–Crippen LogP) is 3.42. The number of ether oxygens (including phenoxy) is 2. The van der Waals surface area contributed by atoms with Gasteiger partial charge in [0.1, 0.15) is 12.4 Å². The number of aryl methyl sites for hydroxylation is 1. The number of fused-ring (bicyclic) bond motifs is 1. The molecule has 1 amide bonds. The molecule has 2 aromatic heterocycles. The van der Waals surface area contributed by atoms with Gasteiger partial charge in [-0.15, -0.1) is 11.3 Å². The van der Waals surface area contributed by atoms with Gasteiger partial charge in [0, 0.05) is 32.3 Å². The number of likely N-dealkylation sites (tertiary alicyclic amines) is 1. The number of carbonyl (C=O) groups excluding carboxylic acids is 1. The number of hydrogen-bond acceptors (Lipinski definition) is 7. The van der Waals surface area contributed by atoms with E-state index in [1.165, 1.54) is 0 Å². The molecule has 1 aliphatic heterocycles. The topological polar surface area (TPSA) is 77.7 Å². The Balaban J connectivity index is 1.39. The van der Waals surface area contributed by atoms with Gasteiger partial charge in [0.2, 0.25) is 0 Å². The summed E-state index contributed by atoms with van der Waals surface area (Å²) in [6.07, 6.45) is 1.99. The summed E-state index contributed by atoms with van der Waals surface area (Å²) in [5, 5.41) is 4.93. The molecule has 7 nitrogen and oxygen atoms in total. The smallest absolute Gasteiger partial charge is 0.276 e. The van der Waals surface area contributed by atoms with E-state index in [4.69, 9.17) is 14.0 Å². The van der Waals surface area contributed by atoms with Crippen molar-refractivity contribution in [3.05, 3.63) is 40.7 Å². The van der Waals surface area contributed by atoms with Crippen molar-refractivity contribution < 1.29 is 18.8 Å². The summed E-state index contributed by atoms with van der Waals surface area (Å²) in [5.74, 6) is 1.08. The first-order valence-electron chi connectivity index (χ1n) is 8.90. The summed E-state index contributed by atoms with van der Waals surface area (Å²) in [5.41, 5.74) is 1.22. The maximum atomic E-state index is 12.6. The van der Waals surface area contributed by atoms with Gasteiger partial charge in [-0.05, 0) is 31.9 Å². The van der Waals surface area contributed by atoms with E-state index >= 15 is 0 Å². The van der Waals surface area contributed by atoms with E-state index in [-0.39, 0.29) is 18.6 Å². The van der Waals surface area contributed by atoms with Gasteiger partial charge >= 0.3 is 0 Å². The van der Waals surface area contributed by atoms with Gasteiger partial charge in [0.25, 0.3) is 5.91 Å². The summed E-state index contributed by atoms with van der Waals surface area (Å²) in [7, 11) is 1.68. The molecule has 1 saturated heterocycles. The fourth-order valence-electron chi connectivity index (χ4n) is 3.23. The summed E-state index contributed by atoms with van der Waals surface area (Å²) in [6.45, 7) is 3.48. The number of carbonyl (C=O) groups is 1. The first kappa shape index (κ1) is 17.9. The molecule has 0 spiro atoms. The SMILES string of the molecule is CO[C@H]1CCCN(C(=O)c2cc(COc3ccc4sc(C)nc4c3)on2)C1. The van der Waals surface area contributed by atoms with Crippen LogP contribution in [-0.2, 0) is 11.3 Å². The molecule has 1 aliphatic rings. The Hall–Kier alpha value is -2.45. The van der Waals surface area contributed by atoms with Crippen LogP contribution in [-0.4, -0.2) is 47.3 Å². The fourth-order valence-corrected chi connectivity index (χ4v) is 4.03. The number of rotatable bonds is 5. The number of hydrogen-bond donors (Lipinski definition) is 0. The average Bonchev–Trinajstić information content (AvgIpc) is 3.31. The number of methoxy groups -OCH3 is 1. The third kappa shape index (κ3) is 3.96. The fraction of sp³-hybridized carbons (Fsp3) is 0.421. The van der Waals surface area contributed by atoms with Crippen LogP contribution in [0.3, 0.4) is 0 Å². The molecule has 27 heavy (non-hydrogen) atoms. The molecular formula is C19H21N3O4S. The molecule has 1 aromatic carbocycles. The zero-order valence-corrected chi connectivity index (χ0v) is 16.1. The van der Waals surface area contributed by atoms with Crippen molar-refractivity contribution >= 4 is 27.5 Å². The molecule has 0 unspecified atom stereocenters. The Kier molecular flexibility index (Phi) is 5.09. The van der Waals surface area contributed by atoms with Crippen LogP contribution >= 0.6 is 11.3 Å². The summed E-state index contributed by atoms with van der Waals surface area (Å²) < 4.78 is 17.5. The van der Waals surface area contributed by atoms with Crippen molar-refractivity contribution in [2.45, 2.75) is 32.5 Å². The lowest BCUT2D eigenvalue weighted by Crippen LogP contribution is -2.43. The van der Waals surface area contributed by atoms with Gasteiger partial charge in [0.15, 0.2) is 11.5 Å². The number of nitrogens with zero attached hydrogens (tertiary/aromatic N) is 3. The van der Waals surface area contributed by atoms with E-state index < -0.39 is 0 Å². The quantitative estimate of drug-likeness (QED) is 0.668. The largest absolute Gasteiger partial charge is 0.485 e. The van der Waals surface area contributed by atoms with Crippen molar-refractivity contribution in [1.82, 2.24) is 15.0 Å². The van der Waals surface area contributed by atoms with Gasteiger partial charge in [-0.25, -0.2) is 4.98 Å². The van der Waals surface area contributed by atoms with Crippen molar-refractivity contribution in [2.24, 2.45) is 0 Å². The van der Waals surface area contributed by atoms with E-state index in [1.54, 1.807) is 29.4 Å². The summed E-state index contributed by atoms with van der Waals surface area (Å²) in [4.78, 5) is 18.8. The Morgan fingerprint density at radius 3 is 3.15 bits per heavy atom. The third-order valence-electron chi connectivity index (χ3n) is 4.62. The van der Waals surface area contributed by atoms with Gasteiger partial charge in [-0.2, -0.15) is 0 Å². The van der Waals surface area contributed by atoms with Crippen LogP contribution in [0.4, 0.5) is 0 Å². The molecule has 4 rings (SSSR count). The van der Waals surface area contributed by atoms with E-state index in [0.717, 1.165) is 28.1 Å². The predicted molar refractivity (Wildman–Crippen MR) is 101 cm³/mol. The van der Waals surface area contributed by atoms with Crippen LogP contribution in [0.25, 0.3) is 10.2 Å². The second-order valence-corrected chi connectivity index (χ2v) is 7.82. The molecule has 0 radical (unpaired) electrons. The summed E-state index contributed by atoms with van der Waals surface area (Å²) >= 11 is 1.65. The highest BCUT2D eigenvalue weighted by atomic mass is 32.1. The van der Waals surface area contributed by atoms with Crippen molar-refractivity contribution in [2.75, 3.05) is 20.2 Å². The number of piperidine rings is 1. The molecule has 3 heterocycles. The van der Waals surface area contributed by atoms with E-state index in [1.807, 2.05) is 25.1 Å². The minimum atomic E-state index is -0.133. The number of benzene rings is 1. The second kappa shape index (κ2) is 7.66. The van der Waals surface area contributed by atoms with E-state index in [0.29, 0.717) is 30.3 Å². The molecule has 8 heteroatoms. The van der Waals surface area contributed by atoms with Gasteiger partial charge < -0.3 is 18.9 Å². The van der Waals surface area contributed by atoms with Crippen LogP contribution < -0.4 is 4.74 Å². The Morgan fingerprint density at radius 1 is 1.41 bits per heavy atom. The first-order chi connectivity index (χ1) is 13.1.